The van der Waals surface area contributed by atoms with Crippen LogP contribution in [-0.2, 0) is 6.42 Å². The molecule has 1 aliphatic heterocycles. The van der Waals surface area contributed by atoms with Crippen LogP contribution in [0.25, 0.3) is 11.1 Å². The number of β-amino-alcohol motifs (C(OH)–C–C–N with tert-alkyl or cyclic N) is 1. The first-order chi connectivity index (χ1) is 25.2. The fourth-order valence-corrected chi connectivity index (χ4v) is 9.30. The first kappa shape index (κ1) is 36.1. The number of nitrogens with zero attached hydrogens (tertiary/aromatic N) is 2. The van der Waals surface area contributed by atoms with Crippen LogP contribution >= 0.6 is 0 Å². The molecule has 1 heterocycles. The number of rotatable bonds is 7. The van der Waals surface area contributed by atoms with Crippen molar-refractivity contribution in [3.05, 3.63) is 131 Å². The van der Waals surface area contributed by atoms with Gasteiger partial charge in [0.15, 0.2) is 5.78 Å². The summed E-state index contributed by atoms with van der Waals surface area (Å²) in [6.07, 6.45) is 6.98. The Kier molecular flexibility index (Phi) is 10.7. The Balaban J connectivity index is 1.24. The molecule has 2 N–H and O–H groups in total. The Morgan fingerprint density at radius 2 is 1.60 bits per heavy atom. The summed E-state index contributed by atoms with van der Waals surface area (Å²) in [6.45, 7) is 8.50. The zero-order chi connectivity index (χ0) is 36.3. The zero-order valence-corrected chi connectivity index (χ0v) is 31.1. The largest absolute Gasteiger partial charge is 0.495 e. The zero-order valence-electron chi connectivity index (χ0n) is 31.1. The average Bonchev–Trinajstić information content (AvgIpc) is 3.42. The van der Waals surface area contributed by atoms with Crippen molar-refractivity contribution >= 4 is 11.5 Å². The highest BCUT2D eigenvalue weighted by Crippen LogP contribution is 2.59. The molecule has 3 aliphatic carbocycles. The van der Waals surface area contributed by atoms with Gasteiger partial charge in [-0.3, -0.25) is 9.69 Å². The number of piperazine rings is 1. The van der Waals surface area contributed by atoms with Gasteiger partial charge in [-0.05, 0) is 98.2 Å². The molecule has 4 atom stereocenters. The maximum atomic E-state index is 14.9. The van der Waals surface area contributed by atoms with Crippen LogP contribution in [0, 0.1) is 5.41 Å². The second kappa shape index (κ2) is 15.4. The summed E-state index contributed by atoms with van der Waals surface area (Å²) in [6, 6.07) is 32.5. The van der Waals surface area contributed by atoms with E-state index in [-0.39, 0.29) is 11.7 Å². The third kappa shape index (κ3) is 7.21. The average molecular weight is 699 g/mol. The van der Waals surface area contributed by atoms with Crippen molar-refractivity contribution in [2.75, 3.05) is 44.7 Å². The molecule has 0 spiro atoms. The summed E-state index contributed by atoms with van der Waals surface area (Å²) in [7, 11) is 1.72. The van der Waals surface area contributed by atoms with E-state index >= 15 is 0 Å². The highest BCUT2D eigenvalue weighted by atomic mass is 16.5. The van der Waals surface area contributed by atoms with Gasteiger partial charge in [0.1, 0.15) is 5.75 Å². The quantitative estimate of drug-likeness (QED) is 0.149. The van der Waals surface area contributed by atoms with E-state index in [1.54, 1.807) is 7.11 Å². The number of aliphatic hydroxyl groups excluding tert-OH is 1. The minimum Gasteiger partial charge on any atom is -0.495 e. The van der Waals surface area contributed by atoms with E-state index in [1.165, 1.54) is 5.57 Å². The van der Waals surface area contributed by atoms with Crippen molar-refractivity contribution in [1.82, 2.24) is 4.90 Å². The van der Waals surface area contributed by atoms with E-state index in [2.05, 4.69) is 66.1 Å². The van der Waals surface area contributed by atoms with Crippen molar-refractivity contribution in [2.24, 2.45) is 5.41 Å². The van der Waals surface area contributed by atoms with Gasteiger partial charge in [-0.25, -0.2) is 0 Å². The lowest BCUT2D eigenvalue weighted by Gasteiger charge is -2.47. The summed E-state index contributed by atoms with van der Waals surface area (Å²) in [5.41, 5.74) is 6.29. The number of carbonyl (C=O) groups is 1. The topological polar surface area (TPSA) is 73.2 Å². The molecule has 2 bridgehead atoms. The smallest absolute Gasteiger partial charge is 0.193 e. The van der Waals surface area contributed by atoms with Crippen LogP contribution in [0.4, 0.5) is 5.69 Å². The Hall–Kier alpha value is -4.23. The number of fused-ring (bicyclic) bond motifs is 8. The molecule has 0 radical (unpaired) electrons. The number of allylic oxidation sites excluding steroid dienone is 2. The number of anilines is 1. The van der Waals surface area contributed by atoms with Gasteiger partial charge >= 0.3 is 0 Å². The number of carbonyl (C=O) groups excluding carboxylic acids is 1. The van der Waals surface area contributed by atoms with Crippen molar-refractivity contribution in [3.8, 4) is 16.9 Å². The first-order valence-corrected chi connectivity index (χ1v) is 19.2. The standard InChI is InChI=1S/C46H54N2O4/c1-33-12-11-24-45(2)41(23-25-46(45,51)32-47-26-28-48(29-27-47)42-17-9-10-18-43(42)52-3)38-22-20-34(30-36(49)21-19-33)31-40(38)44(50)39-16-8-7-15-37(39)35-13-5-4-6-14-35/h4-10,12-18,20,22,31,36,41,49,51H,11,19,21,23-30,32H2,1-3H3/t36-,41-,45-,46+/m0/s1. The number of hydrogen-bond donors (Lipinski definition) is 2. The number of methoxy groups -OCH3 is 1. The fourth-order valence-electron chi connectivity index (χ4n) is 9.30. The lowest BCUT2D eigenvalue weighted by molar-refractivity contribution is -0.0841. The molecule has 6 nitrogen and oxygen atoms in total. The van der Waals surface area contributed by atoms with Crippen LogP contribution in [0.5, 0.6) is 5.75 Å². The third-order valence-electron chi connectivity index (χ3n) is 12.5. The lowest BCUT2D eigenvalue weighted by Crippen LogP contribution is -2.56. The van der Waals surface area contributed by atoms with Gasteiger partial charge in [0.05, 0.1) is 24.5 Å². The lowest BCUT2D eigenvalue weighted by atomic mass is 9.64. The molecule has 4 aromatic rings. The monoisotopic (exact) mass is 698 g/mol. The van der Waals surface area contributed by atoms with Crippen molar-refractivity contribution in [2.45, 2.75) is 76.4 Å². The van der Waals surface area contributed by atoms with Gasteiger partial charge in [-0.15, -0.1) is 0 Å². The molecule has 6 heteroatoms. The summed E-state index contributed by atoms with van der Waals surface area (Å²) in [4.78, 5) is 19.7. The Morgan fingerprint density at radius 3 is 2.38 bits per heavy atom. The second-order valence-electron chi connectivity index (χ2n) is 15.6. The molecular weight excluding hydrogens is 645 g/mol. The van der Waals surface area contributed by atoms with Crippen LogP contribution in [-0.4, -0.2) is 72.4 Å². The molecular formula is C46H54N2O4. The van der Waals surface area contributed by atoms with Gasteiger partial charge in [0.25, 0.3) is 0 Å². The molecule has 0 amide bonds. The summed E-state index contributed by atoms with van der Waals surface area (Å²) in [5, 5.41) is 24.0. The van der Waals surface area contributed by atoms with Gasteiger partial charge in [-0.1, -0.05) is 97.4 Å². The minimum atomic E-state index is -0.930. The minimum absolute atomic E-state index is 0.00104. The molecule has 8 rings (SSSR count). The highest BCUT2D eigenvalue weighted by molar-refractivity contribution is 6.13. The van der Waals surface area contributed by atoms with E-state index in [0.29, 0.717) is 36.9 Å². The number of hydrogen-bond acceptors (Lipinski definition) is 6. The van der Waals surface area contributed by atoms with Gasteiger partial charge in [0, 0.05) is 49.3 Å². The summed E-state index contributed by atoms with van der Waals surface area (Å²) >= 11 is 0. The summed E-state index contributed by atoms with van der Waals surface area (Å²) < 4.78 is 5.66. The SMILES string of the molecule is COc1ccccc1N1CCN(C[C@]2(O)CC[C@H]3c4ccc(cc4C(=O)c4ccccc4-c4ccccc4)C[C@@H](O)CCC(C)=CCC[C@@]32C)CC1. The molecule has 1 saturated heterocycles. The third-order valence-corrected chi connectivity index (χ3v) is 12.5. The normalized spacial score (nSPS) is 25.6. The van der Waals surface area contributed by atoms with E-state index in [1.807, 2.05) is 60.7 Å². The maximum Gasteiger partial charge on any atom is 0.193 e. The van der Waals surface area contributed by atoms with E-state index < -0.39 is 17.1 Å². The van der Waals surface area contributed by atoms with Crippen molar-refractivity contribution in [1.29, 1.82) is 0 Å². The van der Waals surface area contributed by atoms with Crippen LogP contribution in [0.2, 0.25) is 0 Å². The number of aliphatic hydroxyl groups is 2. The van der Waals surface area contributed by atoms with E-state index in [0.717, 1.165) is 85.6 Å². The van der Waals surface area contributed by atoms with Crippen LogP contribution < -0.4 is 9.64 Å². The molecule has 272 valence electrons. The fraction of sp³-hybridized carbons (Fsp3) is 0.413. The first-order valence-electron chi connectivity index (χ1n) is 19.2. The van der Waals surface area contributed by atoms with Gasteiger partial charge in [0.2, 0.25) is 0 Å². The van der Waals surface area contributed by atoms with E-state index in [9.17, 15) is 15.0 Å². The van der Waals surface area contributed by atoms with Crippen molar-refractivity contribution < 1.29 is 19.7 Å². The Morgan fingerprint density at radius 1 is 0.865 bits per heavy atom. The van der Waals surface area contributed by atoms with Crippen LogP contribution in [0.1, 0.15) is 85.3 Å². The molecule has 0 unspecified atom stereocenters. The maximum absolute atomic E-state index is 14.9. The van der Waals surface area contributed by atoms with Crippen molar-refractivity contribution in [3.63, 3.8) is 0 Å². The number of ether oxygens (including phenoxy) is 1. The van der Waals surface area contributed by atoms with E-state index in [4.69, 9.17) is 4.74 Å². The van der Waals surface area contributed by atoms with Crippen LogP contribution in [0.15, 0.2) is 109 Å². The van der Waals surface area contributed by atoms with Crippen LogP contribution in [0.3, 0.4) is 0 Å². The molecule has 1 saturated carbocycles. The Labute approximate surface area is 309 Å². The number of ketones is 1. The number of para-hydroxylation sites is 2. The molecule has 4 aliphatic rings. The predicted molar refractivity (Wildman–Crippen MR) is 210 cm³/mol. The second-order valence-corrected chi connectivity index (χ2v) is 15.6. The molecule has 2 fully saturated rings. The molecule has 4 aromatic carbocycles. The van der Waals surface area contributed by atoms with Gasteiger partial charge < -0.3 is 19.8 Å². The molecule has 0 aromatic heterocycles. The highest BCUT2D eigenvalue weighted by Gasteiger charge is 2.57. The molecule has 52 heavy (non-hydrogen) atoms. The predicted octanol–water partition coefficient (Wildman–Crippen LogP) is 8.45. The summed E-state index contributed by atoms with van der Waals surface area (Å²) in [5.74, 6) is 0.880. The Bertz CT molecular complexity index is 1900. The number of benzene rings is 4. The van der Waals surface area contributed by atoms with Gasteiger partial charge in [-0.2, -0.15) is 0 Å².